The van der Waals surface area contributed by atoms with Gasteiger partial charge in [0.05, 0.1) is 11.0 Å². The van der Waals surface area contributed by atoms with Crippen molar-refractivity contribution in [3.05, 3.63) is 30.1 Å². The lowest BCUT2D eigenvalue weighted by atomic mass is 10.1. The number of hydrogen-bond donors (Lipinski definition) is 1. The van der Waals surface area contributed by atoms with Crippen LogP contribution in [0.25, 0.3) is 21.9 Å². The number of fused-ring (bicyclic) bond motifs is 3. The molecule has 0 unspecified atom stereocenters. The summed E-state index contributed by atoms with van der Waals surface area (Å²) in [6.07, 6.45) is 3.05. The lowest BCUT2D eigenvalue weighted by Crippen LogP contribution is -2.15. The fourth-order valence-corrected chi connectivity index (χ4v) is 3.55. The van der Waals surface area contributed by atoms with Crippen molar-refractivity contribution in [3.63, 3.8) is 0 Å². The Morgan fingerprint density at radius 1 is 1.15 bits per heavy atom. The number of benzene rings is 1. The van der Waals surface area contributed by atoms with E-state index < -0.39 is 0 Å². The number of pyridine rings is 1. The first-order valence-corrected chi connectivity index (χ1v) is 9.32. The van der Waals surface area contributed by atoms with Gasteiger partial charge in [-0.1, -0.05) is 31.5 Å². The van der Waals surface area contributed by atoms with Crippen molar-refractivity contribution in [2.24, 2.45) is 0 Å². The lowest BCUT2D eigenvalue weighted by molar-refractivity contribution is 0.122. The second-order valence-electron chi connectivity index (χ2n) is 6.47. The molecule has 0 aliphatic rings. The molecule has 2 N–H and O–H groups in total. The number of ether oxygens (including phenoxy) is 2. The maximum absolute atomic E-state index is 6.25. The summed E-state index contributed by atoms with van der Waals surface area (Å²) in [4.78, 5) is 9.36. The van der Waals surface area contributed by atoms with Gasteiger partial charge in [0.1, 0.15) is 17.9 Å². The van der Waals surface area contributed by atoms with Crippen LogP contribution in [0.15, 0.2) is 24.3 Å². The summed E-state index contributed by atoms with van der Waals surface area (Å²) >= 11 is 0. The molecular formula is C20H28N4O2. The Morgan fingerprint density at radius 2 is 1.96 bits per heavy atom. The van der Waals surface area contributed by atoms with Crippen LogP contribution in [0, 0.1) is 0 Å². The summed E-state index contributed by atoms with van der Waals surface area (Å²) in [5.74, 6) is 1.37. The predicted molar refractivity (Wildman–Crippen MR) is 105 cm³/mol. The highest BCUT2D eigenvalue weighted by Crippen LogP contribution is 2.33. The maximum Gasteiger partial charge on any atom is 0.152 e. The minimum Gasteiger partial charge on any atom is -0.385 e. The molecule has 1 atom stereocenters. The molecule has 0 bridgehead atoms. The molecule has 0 aliphatic carbocycles. The molecule has 0 saturated heterocycles. The van der Waals surface area contributed by atoms with E-state index in [0.29, 0.717) is 25.6 Å². The Hall–Kier alpha value is -2.18. The van der Waals surface area contributed by atoms with E-state index in [4.69, 9.17) is 20.2 Å². The van der Waals surface area contributed by atoms with Crippen LogP contribution in [0.1, 0.15) is 45.0 Å². The highest BCUT2D eigenvalue weighted by atomic mass is 16.5. The topological polar surface area (TPSA) is 75.2 Å². The van der Waals surface area contributed by atoms with E-state index in [0.717, 1.165) is 47.0 Å². The van der Waals surface area contributed by atoms with Crippen LogP contribution in [0.4, 0.5) is 5.82 Å². The molecule has 1 aromatic carbocycles. The number of nitrogens with two attached hydrogens (primary N) is 1. The maximum atomic E-state index is 6.25. The van der Waals surface area contributed by atoms with Gasteiger partial charge in [-0.2, -0.15) is 0 Å². The molecule has 26 heavy (non-hydrogen) atoms. The molecule has 0 saturated carbocycles. The molecule has 3 aromatic rings. The third-order valence-corrected chi connectivity index (χ3v) is 4.70. The van der Waals surface area contributed by atoms with Crippen LogP contribution in [0.2, 0.25) is 0 Å². The second kappa shape index (κ2) is 8.47. The normalized spacial score (nSPS) is 12.9. The number of anilines is 1. The number of aromatic nitrogens is 3. The summed E-state index contributed by atoms with van der Waals surface area (Å²) in [6.45, 7) is 6.01. The van der Waals surface area contributed by atoms with Gasteiger partial charge in [-0.25, -0.2) is 9.97 Å². The molecule has 2 heterocycles. The number of hydrogen-bond acceptors (Lipinski definition) is 5. The summed E-state index contributed by atoms with van der Waals surface area (Å²) in [5, 5.41) is 1.07. The quantitative estimate of drug-likeness (QED) is 0.625. The van der Waals surface area contributed by atoms with Gasteiger partial charge in [-0.05, 0) is 25.8 Å². The van der Waals surface area contributed by atoms with E-state index in [9.17, 15) is 0 Å². The van der Waals surface area contributed by atoms with Gasteiger partial charge < -0.3 is 19.8 Å². The first-order valence-electron chi connectivity index (χ1n) is 9.32. The largest absolute Gasteiger partial charge is 0.385 e. The van der Waals surface area contributed by atoms with E-state index in [1.165, 1.54) is 0 Å². The highest BCUT2D eigenvalue weighted by Gasteiger charge is 2.22. The summed E-state index contributed by atoms with van der Waals surface area (Å²) < 4.78 is 13.4. The lowest BCUT2D eigenvalue weighted by Gasteiger charge is -2.22. The van der Waals surface area contributed by atoms with Gasteiger partial charge in [-0.15, -0.1) is 0 Å². The Bertz CT molecular complexity index is 875. The van der Waals surface area contributed by atoms with Crippen molar-refractivity contribution < 1.29 is 9.47 Å². The van der Waals surface area contributed by atoms with Crippen LogP contribution >= 0.6 is 0 Å². The average molecular weight is 356 g/mol. The summed E-state index contributed by atoms with van der Waals surface area (Å²) in [5.41, 5.74) is 8.96. The standard InChI is InChI=1S/C20H28N4O2/c1-4-8-14(11-12-25-3)24-17(13-26-5-2)23-18-19(24)15-9-6-7-10-16(15)22-20(18)21/h6-7,9-10,14H,4-5,8,11-13H2,1-3H3,(H2,21,22)/t14-/m1/s1. The van der Waals surface area contributed by atoms with E-state index in [1.807, 2.05) is 25.1 Å². The summed E-state index contributed by atoms with van der Waals surface area (Å²) in [6, 6.07) is 8.38. The molecule has 0 spiro atoms. The van der Waals surface area contributed by atoms with Crippen molar-refractivity contribution >= 4 is 27.8 Å². The van der Waals surface area contributed by atoms with Crippen molar-refractivity contribution in [2.75, 3.05) is 26.1 Å². The molecule has 2 aromatic heterocycles. The zero-order valence-corrected chi connectivity index (χ0v) is 15.9. The third-order valence-electron chi connectivity index (χ3n) is 4.70. The van der Waals surface area contributed by atoms with Crippen molar-refractivity contribution in [3.8, 4) is 0 Å². The van der Waals surface area contributed by atoms with Gasteiger partial charge in [0.2, 0.25) is 0 Å². The van der Waals surface area contributed by atoms with Crippen molar-refractivity contribution in [2.45, 2.75) is 45.8 Å². The number of para-hydroxylation sites is 1. The molecule has 3 rings (SSSR count). The molecule has 0 radical (unpaired) electrons. The Kier molecular flexibility index (Phi) is 6.06. The number of nitrogens with zero attached hydrogens (tertiary/aromatic N) is 3. The van der Waals surface area contributed by atoms with E-state index in [-0.39, 0.29) is 6.04 Å². The summed E-state index contributed by atoms with van der Waals surface area (Å²) in [7, 11) is 1.74. The van der Waals surface area contributed by atoms with E-state index >= 15 is 0 Å². The molecular weight excluding hydrogens is 328 g/mol. The average Bonchev–Trinajstić information content (AvgIpc) is 3.04. The number of nitrogen functional groups attached to an aromatic ring is 1. The van der Waals surface area contributed by atoms with Crippen LogP contribution in [-0.2, 0) is 16.1 Å². The van der Waals surface area contributed by atoms with Crippen LogP contribution in [-0.4, -0.2) is 34.9 Å². The van der Waals surface area contributed by atoms with Crippen molar-refractivity contribution in [1.29, 1.82) is 0 Å². The molecule has 6 heteroatoms. The minimum atomic E-state index is 0.283. The predicted octanol–water partition coefficient (Wildman–Crippen LogP) is 4.08. The van der Waals surface area contributed by atoms with Gasteiger partial charge in [-0.3, -0.25) is 0 Å². The third kappa shape index (κ3) is 3.52. The first-order chi connectivity index (χ1) is 12.7. The van der Waals surface area contributed by atoms with Gasteiger partial charge in [0, 0.05) is 31.8 Å². The van der Waals surface area contributed by atoms with Gasteiger partial charge in [0.25, 0.3) is 0 Å². The van der Waals surface area contributed by atoms with E-state index in [2.05, 4.69) is 22.5 Å². The molecule has 0 aliphatic heterocycles. The number of rotatable bonds is 9. The Balaban J connectivity index is 2.27. The Labute approximate surface area is 154 Å². The monoisotopic (exact) mass is 356 g/mol. The molecule has 140 valence electrons. The molecule has 0 fully saturated rings. The highest BCUT2D eigenvalue weighted by molar-refractivity contribution is 6.06. The molecule has 0 amide bonds. The first kappa shape index (κ1) is 18.6. The minimum absolute atomic E-state index is 0.283. The van der Waals surface area contributed by atoms with Gasteiger partial charge >= 0.3 is 0 Å². The Morgan fingerprint density at radius 3 is 2.69 bits per heavy atom. The van der Waals surface area contributed by atoms with Crippen LogP contribution in [0.5, 0.6) is 0 Å². The zero-order valence-electron chi connectivity index (χ0n) is 15.9. The SMILES string of the molecule is CCC[C@H](CCOC)n1c(COCC)nc2c(N)nc3ccccc3c21. The fourth-order valence-electron chi connectivity index (χ4n) is 3.55. The molecule has 6 nitrogen and oxygen atoms in total. The van der Waals surface area contributed by atoms with Crippen molar-refractivity contribution in [1.82, 2.24) is 14.5 Å². The number of methoxy groups -OCH3 is 1. The van der Waals surface area contributed by atoms with Gasteiger partial charge in [0.15, 0.2) is 5.82 Å². The number of imidazole rings is 1. The van der Waals surface area contributed by atoms with Crippen LogP contribution in [0.3, 0.4) is 0 Å². The smallest absolute Gasteiger partial charge is 0.152 e. The zero-order chi connectivity index (χ0) is 18.5. The second-order valence-corrected chi connectivity index (χ2v) is 6.47. The van der Waals surface area contributed by atoms with E-state index in [1.54, 1.807) is 7.11 Å². The van der Waals surface area contributed by atoms with Crippen LogP contribution < -0.4 is 5.73 Å². The fraction of sp³-hybridized carbons (Fsp3) is 0.500.